The van der Waals surface area contributed by atoms with Gasteiger partial charge in [-0.1, -0.05) is 11.6 Å². The standard InChI is InChI=1S/C11H9ClN2O4/c12-6-3-5(8-10(15)14-11(13)18-8)4-7-9(6)17-2-1-16-7/h3-4,8H,1-2H2,(H2,13,14,15). The number of hydrogen-bond donors (Lipinski definition) is 1. The molecule has 1 aromatic carbocycles. The largest absolute Gasteiger partial charge is 0.486 e. The molecule has 1 unspecified atom stereocenters. The summed E-state index contributed by atoms with van der Waals surface area (Å²) < 4.78 is 15.9. The molecule has 6 nitrogen and oxygen atoms in total. The van der Waals surface area contributed by atoms with Gasteiger partial charge < -0.3 is 19.9 Å². The van der Waals surface area contributed by atoms with Crippen LogP contribution in [0.15, 0.2) is 17.1 Å². The highest BCUT2D eigenvalue weighted by Gasteiger charge is 2.31. The van der Waals surface area contributed by atoms with Gasteiger partial charge in [0.2, 0.25) is 6.10 Å². The number of aliphatic imine (C=N–C) groups is 1. The molecule has 0 saturated heterocycles. The zero-order chi connectivity index (χ0) is 12.7. The van der Waals surface area contributed by atoms with E-state index >= 15 is 0 Å². The van der Waals surface area contributed by atoms with Crippen LogP contribution in [0, 0.1) is 0 Å². The van der Waals surface area contributed by atoms with Crippen LogP contribution in [-0.4, -0.2) is 25.1 Å². The third kappa shape index (κ3) is 1.74. The Morgan fingerprint density at radius 1 is 1.33 bits per heavy atom. The number of amidine groups is 1. The fourth-order valence-corrected chi connectivity index (χ4v) is 2.13. The lowest BCUT2D eigenvalue weighted by Gasteiger charge is -2.21. The number of nitrogens with two attached hydrogens (primary N) is 1. The van der Waals surface area contributed by atoms with Gasteiger partial charge in [0.05, 0.1) is 5.02 Å². The van der Waals surface area contributed by atoms with E-state index in [0.29, 0.717) is 35.3 Å². The van der Waals surface area contributed by atoms with Gasteiger partial charge >= 0.3 is 0 Å². The highest BCUT2D eigenvalue weighted by atomic mass is 35.5. The molecule has 0 fully saturated rings. The van der Waals surface area contributed by atoms with E-state index in [2.05, 4.69) is 4.99 Å². The van der Waals surface area contributed by atoms with Gasteiger partial charge in [0.15, 0.2) is 11.5 Å². The van der Waals surface area contributed by atoms with Crippen molar-refractivity contribution in [2.45, 2.75) is 6.10 Å². The number of benzene rings is 1. The van der Waals surface area contributed by atoms with E-state index < -0.39 is 12.0 Å². The van der Waals surface area contributed by atoms with Crippen LogP contribution < -0.4 is 15.2 Å². The summed E-state index contributed by atoms with van der Waals surface area (Å²) in [4.78, 5) is 15.1. The average molecular weight is 269 g/mol. The van der Waals surface area contributed by atoms with E-state index in [4.69, 9.17) is 31.5 Å². The van der Waals surface area contributed by atoms with Crippen molar-refractivity contribution >= 4 is 23.5 Å². The fraction of sp³-hybridized carbons (Fsp3) is 0.273. The van der Waals surface area contributed by atoms with Gasteiger partial charge in [0, 0.05) is 5.56 Å². The molecule has 0 saturated carbocycles. The molecule has 0 radical (unpaired) electrons. The molecular weight excluding hydrogens is 260 g/mol. The van der Waals surface area contributed by atoms with Gasteiger partial charge in [-0.25, -0.2) is 0 Å². The Kier molecular flexibility index (Phi) is 2.52. The summed E-state index contributed by atoms with van der Waals surface area (Å²) in [5.41, 5.74) is 5.89. The lowest BCUT2D eigenvalue weighted by atomic mass is 10.1. The van der Waals surface area contributed by atoms with Crippen LogP contribution in [-0.2, 0) is 9.53 Å². The Labute approximate surface area is 107 Å². The lowest BCUT2D eigenvalue weighted by molar-refractivity contribution is -0.122. The molecule has 7 heteroatoms. The van der Waals surface area contributed by atoms with Crippen LogP contribution in [0.5, 0.6) is 11.5 Å². The number of hydrogen-bond acceptors (Lipinski definition) is 5. The highest BCUT2D eigenvalue weighted by Crippen LogP contribution is 2.40. The van der Waals surface area contributed by atoms with Crippen molar-refractivity contribution in [3.8, 4) is 11.5 Å². The third-order valence-electron chi connectivity index (χ3n) is 2.61. The molecule has 3 rings (SSSR count). The summed E-state index contributed by atoms with van der Waals surface area (Å²) in [6, 6.07) is 3.10. The number of fused-ring (bicyclic) bond motifs is 1. The Morgan fingerprint density at radius 3 is 2.83 bits per heavy atom. The van der Waals surface area contributed by atoms with Gasteiger partial charge in [-0.3, -0.25) is 4.79 Å². The van der Waals surface area contributed by atoms with Gasteiger partial charge in [-0.15, -0.1) is 0 Å². The molecule has 2 aliphatic heterocycles. The summed E-state index contributed by atoms with van der Waals surface area (Å²) in [5.74, 6) is 0.511. The number of rotatable bonds is 1. The summed E-state index contributed by atoms with van der Waals surface area (Å²) in [5, 5.41) is 0.365. The fourth-order valence-electron chi connectivity index (χ4n) is 1.86. The van der Waals surface area contributed by atoms with Crippen LogP contribution in [0.3, 0.4) is 0 Å². The summed E-state index contributed by atoms with van der Waals surface area (Å²) >= 11 is 6.07. The Morgan fingerprint density at radius 2 is 2.11 bits per heavy atom. The van der Waals surface area contributed by atoms with E-state index in [9.17, 15) is 4.79 Å². The maximum Gasteiger partial charge on any atom is 0.296 e. The van der Waals surface area contributed by atoms with Gasteiger partial charge in [-0.05, 0) is 12.1 Å². The summed E-state index contributed by atoms with van der Waals surface area (Å²) in [7, 11) is 0. The molecular formula is C11H9ClN2O4. The molecule has 2 N–H and O–H groups in total. The van der Waals surface area contributed by atoms with E-state index in [0.717, 1.165) is 0 Å². The van der Waals surface area contributed by atoms with E-state index in [-0.39, 0.29) is 6.02 Å². The molecule has 2 aliphatic rings. The molecule has 1 amide bonds. The molecule has 0 aromatic heterocycles. The molecule has 94 valence electrons. The first-order valence-electron chi connectivity index (χ1n) is 5.29. The normalized spacial score (nSPS) is 21.5. The lowest BCUT2D eigenvalue weighted by Crippen LogP contribution is -2.17. The molecule has 1 atom stereocenters. The first-order chi connectivity index (χ1) is 8.65. The zero-order valence-corrected chi connectivity index (χ0v) is 9.94. The van der Waals surface area contributed by atoms with Crippen LogP contribution in [0.4, 0.5) is 0 Å². The minimum Gasteiger partial charge on any atom is -0.486 e. The first kappa shape index (κ1) is 11.2. The van der Waals surface area contributed by atoms with Gasteiger partial charge in [-0.2, -0.15) is 4.99 Å². The molecule has 0 bridgehead atoms. The predicted molar refractivity (Wildman–Crippen MR) is 62.9 cm³/mol. The molecule has 0 aliphatic carbocycles. The second-order valence-corrected chi connectivity index (χ2v) is 4.22. The first-order valence-corrected chi connectivity index (χ1v) is 5.66. The Bertz CT molecular complexity index is 558. The topological polar surface area (TPSA) is 83.1 Å². The predicted octanol–water partition coefficient (Wildman–Crippen LogP) is 1.02. The number of nitrogens with zero attached hydrogens (tertiary/aromatic N) is 1. The number of halogens is 1. The minimum atomic E-state index is -0.863. The summed E-state index contributed by atoms with van der Waals surface area (Å²) in [6.45, 7) is 0.881. The molecule has 0 spiro atoms. The second-order valence-electron chi connectivity index (χ2n) is 3.81. The van der Waals surface area contributed by atoms with Gasteiger partial charge in [0.1, 0.15) is 13.2 Å². The SMILES string of the molecule is NC1=NC(=O)C(c2cc(Cl)c3c(c2)OCCO3)O1. The van der Waals surface area contributed by atoms with Crippen molar-refractivity contribution in [1.82, 2.24) is 0 Å². The second kappa shape index (κ2) is 4.06. The number of carbonyl (C=O) groups is 1. The van der Waals surface area contributed by atoms with Crippen LogP contribution in [0.25, 0.3) is 0 Å². The van der Waals surface area contributed by atoms with Crippen molar-refractivity contribution in [3.05, 3.63) is 22.7 Å². The van der Waals surface area contributed by atoms with E-state index in [1.54, 1.807) is 12.1 Å². The smallest absolute Gasteiger partial charge is 0.296 e. The average Bonchev–Trinajstić information content (AvgIpc) is 2.68. The van der Waals surface area contributed by atoms with Gasteiger partial charge in [0.25, 0.3) is 11.9 Å². The minimum absolute atomic E-state index is 0.143. The number of ether oxygens (including phenoxy) is 3. The number of carbonyl (C=O) groups excluding carboxylic acids is 1. The van der Waals surface area contributed by atoms with Crippen molar-refractivity contribution in [2.24, 2.45) is 10.7 Å². The Balaban J connectivity index is 1.99. The molecule has 18 heavy (non-hydrogen) atoms. The quantitative estimate of drug-likeness (QED) is 0.822. The highest BCUT2D eigenvalue weighted by molar-refractivity contribution is 6.32. The van der Waals surface area contributed by atoms with E-state index in [1.807, 2.05) is 0 Å². The van der Waals surface area contributed by atoms with Crippen LogP contribution in [0.1, 0.15) is 11.7 Å². The maximum atomic E-state index is 11.6. The maximum absolute atomic E-state index is 11.6. The zero-order valence-electron chi connectivity index (χ0n) is 9.18. The summed E-state index contributed by atoms with van der Waals surface area (Å²) in [6.07, 6.45) is -0.863. The van der Waals surface area contributed by atoms with E-state index in [1.165, 1.54) is 0 Å². The van der Waals surface area contributed by atoms with Crippen molar-refractivity contribution in [1.29, 1.82) is 0 Å². The molecule has 2 heterocycles. The third-order valence-corrected chi connectivity index (χ3v) is 2.89. The van der Waals surface area contributed by atoms with Crippen LogP contribution >= 0.6 is 11.6 Å². The van der Waals surface area contributed by atoms with Crippen molar-refractivity contribution < 1.29 is 19.0 Å². The van der Waals surface area contributed by atoms with Crippen molar-refractivity contribution in [3.63, 3.8) is 0 Å². The van der Waals surface area contributed by atoms with Crippen LogP contribution in [0.2, 0.25) is 5.02 Å². The van der Waals surface area contributed by atoms with Crippen molar-refractivity contribution in [2.75, 3.05) is 13.2 Å². The Hall–Kier alpha value is -1.95. The molecule has 1 aromatic rings. The monoisotopic (exact) mass is 268 g/mol. The number of amides is 1.